The molecule has 0 bridgehead atoms. The van der Waals surface area contributed by atoms with E-state index in [0.717, 1.165) is 12.0 Å². The fourth-order valence-electron chi connectivity index (χ4n) is 1.76. The van der Waals surface area contributed by atoms with Crippen LogP contribution in [0, 0.1) is 5.82 Å². The molecule has 1 aromatic rings. The zero-order valence-corrected chi connectivity index (χ0v) is 12.7. The minimum atomic E-state index is -0.538. The van der Waals surface area contributed by atoms with Gasteiger partial charge in [0, 0.05) is 6.61 Å². The number of halogens is 1. The van der Waals surface area contributed by atoms with Crippen LogP contribution in [0.5, 0.6) is 0 Å². The number of benzene rings is 1. The molecule has 4 heteroatoms. The van der Waals surface area contributed by atoms with Crippen molar-refractivity contribution in [3.63, 3.8) is 0 Å². The standard InChI is InChI=1S/C16H23FO3/c1-5-8-19-11-12-6-7-14(17)9-13(12)10-15(18)20-16(2,3)4/h6-7,9H,5,8,10-11H2,1-4H3. The van der Waals surface area contributed by atoms with E-state index in [1.54, 1.807) is 6.07 Å². The molecule has 0 atom stereocenters. The summed E-state index contributed by atoms with van der Waals surface area (Å²) in [6.07, 6.45) is 0.975. The van der Waals surface area contributed by atoms with Crippen molar-refractivity contribution in [2.24, 2.45) is 0 Å². The largest absolute Gasteiger partial charge is 0.460 e. The van der Waals surface area contributed by atoms with E-state index in [1.165, 1.54) is 12.1 Å². The Morgan fingerprint density at radius 1 is 1.25 bits per heavy atom. The molecule has 112 valence electrons. The summed E-state index contributed by atoms with van der Waals surface area (Å²) in [5.41, 5.74) is 0.907. The topological polar surface area (TPSA) is 35.5 Å². The maximum Gasteiger partial charge on any atom is 0.310 e. The molecular formula is C16H23FO3. The zero-order valence-electron chi connectivity index (χ0n) is 12.7. The Morgan fingerprint density at radius 3 is 2.55 bits per heavy atom. The zero-order chi connectivity index (χ0) is 15.2. The van der Waals surface area contributed by atoms with Gasteiger partial charge in [-0.2, -0.15) is 0 Å². The molecule has 0 aliphatic heterocycles. The van der Waals surface area contributed by atoms with Gasteiger partial charge in [-0.15, -0.1) is 0 Å². The van der Waals surface area contributed by atoms with Gasteiger partial charge in [0.25, 0.3) is 0 Å². The van der Waals surface area contributed by atoms with E-state index in [1.807, 2.05) is 27.7 Å². The first-order valence-corrected chi connectivity index (χ1v) is 6.88. The highest BCUT2D eigenvalue weighted by atomic mass is 19.1. The lowest BCUT2D eigenvalue weighted by atomic mass is 10.0. The van der Waals surface area contributed by atoms with Crippen molar-refractivity contribution in [2.45, 2.75) is 52.7 Å². The first-order valence-electron chi connectivity index (χ1n) is 6.88. The summed E-state index contributed by atoms with van der Waals surface area (Å²) >= 11 is 0. The molecule has 0 aromatic heterocycles. The smallest absolute Gasteiger partial charge is 0.310 e. The van der Waals surface area contributed by atoms with Gasteiger partial charge in [-0.05, 0) is 50.5 Å². The molecule has 0 spiro atoms. The molecule has 0 fully saturated rings. The van der Waals surface area contributed by atoms with E-state index in [0.29, 0.717) is 18.8 Å². The summed E-state index contributed by atoms with van der Waals surface area (Å²) in [6.45, 7) is 8.47. The van der Waals surface area contributed by atoms with Crippen molar-refractivity contribution in [1.82, 2.24) is 0 Å². The molecule has 0 heterocycles. The van der Waals surface area contributed by atoms with Crippen molar-refractivity contribution in [2.75, 3.05) is 6.61 Å². The normalized spacial score (nSPS) is 11.4. The predicted molar refractivity (Wildman–Crippen MR) is 75.9 cm³/mol. The van der Waals surface area contributed by atoms with Gasteiger partial charge in [0.05, 0.1) is 13.0 Å². The molecule has 0 unspecified atom stereocenters. The van der Waals surface area contributed by atoms with E-state index < -0.39 is 5.60 Å². The van der Waals surface area contributed by atoms with Crippen LogP contribution in [0.15, 0.2) is 18.2 Å². The number of rotatable bonds is 6. The molecule has 0 aliphatic rings. The van der Waals surface area contributed by atoms with Gasteiger partial charge in [-0.1, -0.05) is 13.0 Å². The average Bonchev–Trinajstić information content (AvgIpc) is 2.29. The van der Waals surface area contributed by atoms with E-state index in [9.17, 15) is 9.18 Å². The lowest BCUT2D eigenvalue weighted by Crippen LogP contribution is -2.25. The Balaban J connectivity index is 2.76. The number of hydrogen-bond acceptors (Lipinski definition) is 3. The maximum absolute atomic E-state index is 13.3. The molecule has 0 radical (unpaired) electrons. The van der Waals surface area contributed by atoms with Gasteiger partial charge in [-0.25, -0.2) is 4.39 Å². The molecule has 1 rings (SSSR count). The van der Waals surface area contributed by atoms with Crippen LogP contribution in [0.25, 0.3) is 0 Å². The molecule has 1 aromatic carbocycles. The highest BCUT2D eigenvalue weighted by molar-refractivity contribution is 5.73. The van der Waals surface area contributed by atoms with Gasteiger partial charge in [0.15, 0.2) is 0 Å². The van der Waals surface area contributed by atoms with Crippen molar-refractivity contribution in [3.05, 3.63) is 35.1 Å². The highest BCUT2D eigenvalue weighted by Crippen LogP contribution is 2.16. The monoisotopic (exact) mass is 282 g/mol. The molecule has 0 saturated heterocycles. The third kappa shape index (κ3) is 6.15. The first kappa shape index (κ1) is 16.6. The second kappa shape index (κ2) is 7.39. The van der Waals surface area contributed by atoms with Gasteiger partial charge in [0.2, 0.25) is 0 Å². The van der Waals surface area contributed by atoms with Crippen molar-refractivity contribution in [3.8, 4) is 0 Å². The lowest BCUT2D eigenvalue weighted by Gasteiger charge is -2.20. The summed E-state index contributed by atoms with van der Waals surface area (Å²) < 4.78 is 24.0. The molecule has 3 nitrogen and oxygen atoms in total. The van der Waals surface area contributed by atoms with Crippen molar-refractivity contribution in [1.29, 1.82) is 0 Å². The van der Waals surface area contributed by atoms with Crippen LogP contribution in [0.4, 0.5) is 4.39 Å². The van der Waals surface area contributed by atoms with Crippen molar-refractivity contribution >= 4 is 5.97 Å². The van der Waals surface area contributed by atoms with Gasteiger partial charge >= 0.3 is 5.97 Å². The minimum absolute atomic E-state index is 0.0554. The van der Waals surface area contributed by atoms with Crippen LogP contribution in [0.3, 0.4) is 0 Å². The quantitative estimate of drug-likeness (QED) is 0.590. The van der Waals surface area contributed by atoms with Crippen molar-refractivity contribution < 1.29 is 18.7 Å². The Morgan fingerprint density at radius 2 is 1.95 bits per heavy atom. The second-order valence-corrected chi connectivity index (χ2v) is 5.73. The summed E-state index contributed by atoms with van der Waals surface area (Å²) in [4.78, 5) is 11.8. The highest BCUT2D eigenvalue weighted by Gasteiger charge is 2.18. The third-order valence-corrected chi connectivity index (χ3v) is 2.53. The number of carbonyl (C=O) groups excluding carboxylic acids is 1. The molecule has 0 saturated carbocycles. The number of hydrogen-bond donors (Lipinski definition) is 0. The van der Waals surface area contributed by atoms with Gasteiger partial charge in [0.1, 0.15) is 11.4 Å². The predicted octanol–water partition coefficient (Wildman–Crippen LogP) is 3.64. The van der Waals surface area contributed by atoms with E-state index in [-0.39, 0.29) is 18.2 Å². The Bertz CT molecular complexity index is 450. The van der Waals surface area contributed by atoms with Crippen LogP contribution in [-0.4, -0.2) is 18.2 Å². The number of ether oxygens (including phenoxy) is 2. The third-order valence-electron chi connectivity index (χ3n) is 2.53. The fraction of sp³-hybridized carbons (Fsp3) is 0.562. The molecule has 0 aliphatic carbocycles. The maximum atomic E-state index is 13.3. The minimum Gasteiger partial charge on any atom is -0.460 e. The summed E-state index contributed by atoms with van der Waals surface area (Å²) in [6, 6.07) is 4.41. The lowest BCUT2D eigenvalue weighted by molar-refractivity contribution is -0.153. The number of carbonyl (C=O) groups is 1. The second-order valence-electron chi connectivity index (χ2n) is 5.73. The van der Waals surface area contributed by atoms with Crippen LogP contribution in [0.2, 0.25) is 0 Å². The number of esters is 1. The molecule has 0 amide bonds. The SMILES string of the molecule is CCCOCc1ccc(F)cc1CC(=O)OC(C)(C)C. The van der Waals surface area contributed by atoms with Crippen LogP contribution < -0.4 is 0 Å². The van der Waals surface area contributed by atoms with Gasteiger partial charge in [-0.3, -0.25) is 4.79 Å². The molecule has 0 N–H and O–H groups in total. The van der Waals surface area contributed by atoms with E-state index in [2.05, 4.69) is 0 Å². The Hall–Kier alpha value is -1.42. The average molecular weight is 282 g/mol. The van der Waals surface area contributed by atoms with Crippen LogP contribution >= 0.6 is 0 Å². The Kier molecular flexibility index (Phi) is 6.14. The van der Waals surface area contributed by atoms with E-state index in [4.69, 9.17) is 9.47 Å². The van der Waals surface area contributed by atoms with E-state index >= 15 is 0 Å². The molecular weight excluding hydrogens is 259 g/mol. The first-order chi connectivity index (χ1) is 9.31. The van der Waals surface area contributed by atoms with Crippen LogP contribution in [-0.2, 0) is 27.3 Å². The van der Waals surface area contributed by atoms with Gasteiger partial charge < -0.3 is 9.47 Å². The van der Waals surface area contributed by atoms with Crippen LogP contribution in [0.1, 0.15) is 45.2 Å². The summed E-state index contributed by atoms with van der Waals surface area (Å²) in [5, 5.41) is 0. The summed E-state index contributed by atoms with van der Waals surface area (Å²) in [7, 11) is 0. The fourth-order valence-corrected chi connectivity index (χ4v) is 1.76. The Labute approximate surface area is 120 Å². The molecule has 20 heavy (non-hydrogen) atoms. The summed E-state index contributed by atoms with van der Waals surface area (Å²) in [5.74, 6) is -0.720.